The summed E-state index contributed by atoms with van der Waals surface area (Å²) in [6, 6.07) is 2.79. The lowest BCUT2D eigenvalue weighted by molar-refractivity contribution is -0.0887. The molecule has 0 spiro atoms. The zero-order valence-corrected chi connectivity index (χ0v) is 16.4. The van der Waals surface area contributed by atoms with E-state index in [4.69, 9.17) is 19.0 Å². The van der Waals surface area contributed by atoms with Crippen molar-refractivity contribution in [1.29, 1.82) is 5.26 Å². The number of ether oxygens (including phenoxy) is 1. The predicted molar refractivity (Wildman–Crippen MR) is 93.9 cm³/mol. The fourth-order valence-electron chi connectivity index (χ4n) is 2.91. The quantitative estimate of drug-likeness (QED) is 0.456. The molecule has 6 heteroatoms. The van der Waals surface area contributed by atoms with E-state index >= 15 is 0 Å². The van der Waals surface area contributed by atoms with Crippen LogP contribution in [0.2, 0.25) is 0 Å². The molecule has 0 saturated carbocycles. The Bertz CT molecular complexity index is 365. The van der Waals surface area contributed by atoms with E-state index in [0.29, 0.717) is 31.0 Å². The van der Waals surface area contributed by atoms with Crippen LogP contribution in [0.5, 0.6) is 0 Å². The molecule has 0 aromatic rings. The number of rotatable bonds is 9. The van der Waals surface area contributed by atoms with Crippen molar-refractivity contribution in [1.82, 2.24) is 4.67 Å². The summed E-state index contributed by atoms with van der Waals surface area (Å²) in [5.41, 5.74) is 0. The maximum absolute atomic E-state index is 8.78. The standard InChI is InChI=1S/C17H33N2O3P/c1-7-16-17(11-15(6)12-20-16)22-23(21-10-8-9-18)19(13(2)3)14(4)5/h13-17H,7-8,10-12H2,1-6H3. The first kappa shape index (κ1) is 20.8. The smallest absolute Gasteiger partial charge is 0.259 e. The number of nitriles is 1. The van der Waals surface area contributed by atoms with Crippen molar-refractivity contribution >= 4 is 8.53 Å². The molecule has 1 aliphatic rings. The Balaban J connectivity index is 2.82. The molecule has 0 amide bonds. The number of hydrogen-bond donors (Lipinski definition) is 0. The molecular formula is C17H33N2O3P. The van der Waals surface area contributed by atoms with Crippen molar-refractivity contribution < 1.29 is 13.8 Å². The van der Waals surface area contributed by atoms with E-state index in [1.54, 1.807) is 0 Å². The summed E-state index contributed by atoms with van der Waals surface area (Å²) in [5, 5.41) is 8.78. The maximum atomic E-state index is 8.78. The first-order valence-electron chi connectivity index (χ1n) is 8.77. The first-order valence-corrected chi connectivity index (χ1v) is 9.90. The van der Waals surface area contributed by atoms with Crippen LogP contribution in [0.25, 0.3) is 0 Å². The molecule has 1 heterocycles. The van der Waals surface area contributed by atoms with Crippen LogP contribution in [0.3, 0.4) is 0 Å². The van der Waals surface area contributed by atoms with Crippen LogP contribution in [0.15, 0.2) is 0 Å². The van der Waals surface area contributed by atoms with Crippen LogP contribution < -0.4 is 0 Å². The van der Waals surface area contributed by atoms with E-state index in [0.717, 1.165) is 19.4 Å². The highest BCUT2D eigenvalue weighted by Crippen LogP contribution is 2.49. The molecule has 1 fully saturated rings. The lowest BCUT2D eigenvalue weighted by Crippen LogP contribution is -2.41. The fourth-order valence-corrected chi connectivity index (χ4v) is 4.67. The Kier molecular flexibility index (Phi) is 9.58. The van der Waals surface area contributed by atoms with Crippen molar-refractivity contribution in [3.8, 4) is 6.07 Å². The third kappa shape index (κ3) is 6.64. The van der Waals surface area contributed by atoms with E-state index in [-0.39, 0.29) is 12.2 Å². The summed E-state index contributed by atoms with van der Waals surface area (Å²) in [4.78, 5) is 0. The van der Waals surface area contributed by atoms with Gasteiger partial charge in [0.15, 0.2) is 0 Å². The minimum atomic E-state index is -1.19. The largest absolute Gasteiger partial charge is 0.375 e. The van der Waals surface area contributed by atoms with Gasteiger partial charge in [-0.2, -0.15) is 5.26 Å². The second kappa shape index (κ2) is 10.6. The van der Waals surface area contributed by atoms with Crippen LogP contribution >= 0.6 is 8.53 Å². The first-order chi connectivity index (χ1) is 10.9. The van der Waals surface area contributed by atoms with Gasteiger partial charge in [-0.3, -0.25) is 0 Å². The van der Waals surface area contributed by atoms with Gasteiger partial charge in [-0.1, -0.05) is 13.8 Å². The highest BCUT2D eigenvalue weighted by Gasteiger charge is 2.35. The molecule has 0 aromatic carbocycles. The topological polar surface area (TPSA) is 54.7 Å². The predicted octanol–water partition coefficient (Wildman–Crippen LogP) is 4.48. The Labute approximate surface area is 143 Å². The maximum Gasteiger partial charge on any atom is 0.259 e. The molecule has 1 saturated heterocycles. The molecule has 0 radical (unpaired) electrons. The van der Waals surface area contributed by atoms with E-state index in [1.165, 1.54) is 0 Å². The van der Waals surface area contributed by atoms with Crippen molar-refractivity contribution in [2.45, 2.75) is 85.1 Å². The summed E-state index contributed by atoms with van der Waals surface area (Å²) in [6.45, 7) is 14.2. The van der Waals surface area contributed by atoms with Gasteiger partial charge >= 0.3 is 0 Å². The van der Waals surface area contributed by atoms with E-state index in [2.05, 4.69) is 52.3 Å². The van der Waals surface area contributed by atoms with Crippen molar-refractivity contribution in [2.24, 2.45) is 5.92 Å². The van der Waals surface area contributed by atoms with Crippen molar-refractivity contribution in [3.05, 3.63) is 0 Å². The van der Waals surface area contributed by atoms with Crippen molar-refractivity contribution in [3.63, 3.8) is 0 Å². The molecule has 1 rings (SSSR count). The second-order valence-corrected chi connectivity index (χ2v) is 8.22. The summed E-state index contributed by atoms with van der Waals surface area (Å²) in [6.07, 6.45) is 2.54. The van der Waals surface area contributed by atoms with Gasteiger partial charge in [-0.05, 0) is 46.5 Å². The molecule has 4 atom stereocenters. The van der Waals surface area contributed by atoms with Gasteiger partial charge in [0.1, 0.15) is 0 Å². The molecular weight excluding hydrogens is 311 g/mol. The Morgan fingerprint density at radius 1 is 1.30 bits per heavy atom. The molecule has 0 aliphatic carbocycles. The molecule has 1 aliphatic heterocycles. The van der Waals surface area contributed by atoms with Gasteiger partial charge < -0.3 is 13.8 Å². The average molecular weight is 344 g/mol. The Morgan fingerprint density at radius 3 is 2.48 bits per heavy atom. The molecule has 4 unspecified atom stereocenters. The number of nitrogens with zero attached hydrogens (tertiary/aromatic N) is 2. The zero-order chi connectivity index (χ0) is 17.4. The normalized spacial score (nSPS) is 26.7. The summed E-state index contributed by atoms with van der Waals surface area (Å²) in [7, 11) is -1.19. The van der Waals surface area contributed by atoms with Crippen LogP contribution in [0.1, 0.15) is 60.8 Å². The molecule has 0 aromatic heterocycles. The van der Waals surface area contributed by atoms with E-state index in [1.807, 2.05) is 0 Å². The van der Waals surface area contributed by atoms with Gasteiger partial charge in [-0.25, -0.2) is 4.67 Å². The van der Waals surface area contributed by atoms with Crippen molar-refractivity contribution in [2.75, 3.05) is 13.2 Å². The third-order valence-electron chi connectivity index (χ3n) is 3.93. The van der Waals surface area contributed by atoms with Crippen LogP contribution in [0, 0.1) is 17.2 Å². The summed E-state index contributed by atoms with van der Waals surface area (Å²) in [5.74, 6) is 0.505. The van der Waals surface area contributed by atoms with Gasteiger partial charge in [0, 0.05) is 18.7 Å². The summed E-state index contributed by atoms with van der Waals surface area (Å²) >= 11 is 0. The summed E-state index contributed by atoms with van der Waals surface area (Å²) < 4.78 is 20.6. The fraction of sp³-hybridized carbons (Fsp3) is 0.941. The second-order valence-electron chi connectivity index (χ2n) is 6.81. The molecule has 134 valence electrons. The minimum Gasteiger partial charge on any atom is -0.375 e. The molecule has 23 heavy (non-hydrogen) atoms. The highest BCUT2D eigenvalue weighted by atomic mass is 31.2. The van der Waals surface area contributed by atoms with Gasteiger partial charge in [0.25, 0.3) is 8.53 Å². The molecule has 0 bridgehead atoms. The van der Waals surface area contributed by atoms with Crippen LogP contribution in [-0.2, 0) is 13.8 Å². The minimum absolute atomic E-state index is 0.0666. The Morgan fingerprint density at radius 2 is 1.96 bits per heavy atom. The van der Waals surface area contributed by atoms with E-state index in [9.17, 15) is 0 Å². The Hall–Kier alpha value is -0.240. The molecule has 0 N–H and O–H groups in total. The molecule has 5 nitrogen and oxygen atoms in total. The van der Waals surface area contributed by atoms with Gasteiger partial charge in [0.05, 0.1) is 31.3 Å². The SMILES string of the molecule is CCC1OCC(C)CC1OP(OCCC#N)N(C(C)C)C(C)C. The van der Waals surface area contributed by atoms with E-state index < -0.39 is 8.53 Å². The number of hydrogen-bond acceptors (Lipinski definition) is 5. The van der Waals surface area contributed by atoms with Gasteiger partial charge in [0.2, 0.25) is 0 Å². The van der Waals surface area contributed by atoms with Crippen LogP contribution in [0.4, 0.5) is 0 Å². The monoisotopic (exact) mass is 344 g/mol. The van der Waals surface area contributed by atoms with Crippen LogP contribution in [-0.4, -0.2) is 42.2 Å². The zero-order valence-electron chi connectivity index (χ0n) is 15.5. The lowest BCUT2D eigenvalue weighted by atomic mass is 9.96. The van der Waals surface area contributed by atoms with Gasteiger partial charge in [-0.15, -0.1) is 0 Å². The average Bonchev–Trinajstić information content (AvgIpc) is 2.47. The highest BCUT2D eigenvalue weighted by molar-refractivity contribution is 7.44. The lowest BCUT2D eigenvalue weighted by Gasteiger charge is -2.41. The third-order valence-corrected chi connectivity index (χ3v) is 6.09.